The van der Waals surface area contributed by atoms with Crippen LogP contribution < -0.4 is 5.32 Å². The number of ether oxygens (including phenoxy) is 1. The molecule has 5 heteroatoms. The second kappa shape index (κ2) is 4.69. The minimum atomic E-state index is -0.401. The SMILES string of the molecule is CC(C)(C)OC(=O)N1CCC2(CSCCN2)C1. The van der Waals surface area contributed by atoms with Crippen molar-refractivity contribution in [2.45, 2.75) is 38.3 Å². The summed E-state index contributed by atoms with van der Waals surface area (Å²) in [5.74, 6) is 2.28. The van der Waals surface area contributed by atoms with E-state index in [0.29, 0.717) is 0 Å². The Morgan fingerprint density at radius 2 is 2.24 bits per heavy atom. The Morgan fingerprint density at radius 1 is 1.47 bits per heavy atom. The van der Waals surface area contributed by atoms with Crippen molar-refractivity contribution in [3.05, 3.63) is 0 Å². The van der Waals surface area contributed by atoms with Gasteiger partial charge in [0.15, 0.2) is 0 Å². The molecule has 2 saturated heterocycles. The van der Waals surface area contributed by atoms with Gasteiger partial charge in [0.05, 0.1) is 0 Å². The Bertz CT molecular complexity index is 295. The van der Waals surface area contributed by atoms with Crippen LogP contribution in [-0.2, 0) is 4.74 Å². The lowest BCUT2D eigenvalue weighted by atomic mass is 10.0. The molecule has 2 rings (SSSR count). The number of rotatable bonds is 0. The molecular weight excluding hydrogens is 236 g/mol. The van der Waals surface area contributed by atoms with Gasteiger partial charge in [0.2, 0.25) is 0 Å². The molecule has 2 aliphatic heterocycles. The van der Waals surface area contributed by atoms with Crippen molar-refractivity contribution in [3.63, 3.8) is 0 Å². The van der Waals surface area contributed by atoms with Crippen LogP contribution in [0.3, 0.4) is 0 Å². The molecule has 1 amide bonds. The van der Waals surface area contributed by atoms with Crippen LogP contribution in [0.1, 0.15) is 27.2 Å². The van der Waals surface area contributed by atoms with Crippen molar-refractivity contribution in [2.75, 3.05) is 31.1 Å². The van der Waals surface area contributed by atoms with Crippen LogP contribution in [0.4, 0.5) is 4.79 Å². The highest BCUT2D eigenvalue weighted by Crippen LogP contribution is 2.29. The number of likely N-dealkylation sites (tertiary alicyclic amines) is 1. The van der Waals surface area contributed by atoms with Crippen LogP contribution >= 0.6 is 11.8 Å². The van der Waals surface area contributed by atoms with Crippen LogP contribution in [0, 0.1) is 0 Å². The Hall–Kier alpha value is -0.420. The number of amides is 1. The maximum Gasteiger partial charge on any atom is 0.410 e. The third-order valence-electron chi connectivity index (χ3n) is 3.13. The third-order valence-corrected chi connectivity index (χ3v) is 4.38. The van der Waals surface area contributed by atoms with E-state index in [0.717, 1.165) is 31.8 Å². The van der Waals surface area contributed by atoms with Gasteiger partial charge >= 0.3 is 6.09 Å². The Kier molecular flexibility index (Phi) is 3.59. The van der Waals surface area contributed by atoms with E-state index in [2.05, 4.69) is 5.32 Å². The first-order valence-corrected chi connectivity index (χ1v) is 7.36. The quantitative estimate of drug-likeness (QED) is 0.718. The first-order valence-electron chi connectivity index (χ1n) is 6.21. The third kappa shape index (κ3) is 3.28. The largest absolute Gasteiger partial charge is 0.444 e. The number of carbonyl (C=O) groups is 1. The smallest absolute Gasteiger partial charge is 0.410 e. The summed E-state index contributed by atoms with van der Waals surface area (Å²) in [7, 11) is 0. The summed E-state index contributed by atoms with van der Waals surface area (Å²) in [6.07, 6.45) is 0.867. The van der Waals surface area contributed by atoms with Gasteiger partial charge in [-0.05, 0) is 27.2 Å². The highest BCUT2D eigenvalue weighted by Gasteiger charge is 2.41. The van der Waals surface area contributed by atoms with Gasteiger partial charge in [0, 0.05) is 36.7 Å². The molecule has 0 aromatic carbocycles. The van der Waals surface area contributed by atoms with Gasteiger partial charge in [-0.15, -0.1) is 0 Å². The monoisotopic (exact) mass is 258 g/mol. The summed E-state index contributed by atoms with van der Waals surface area (Å²) >= 11 is 1.98. The van der Waals surface area contributed by atoms with Gasteiger partial charge in [-0.1, -0.05) is 0 Å². The molecule has 0 aromatic heterocycles. The van der Waals surface area contributed by atoms with E-state index in [-0.39, 0.29) is 11.6 Å². The normalized spacial score (nSPS) is 29.7. The van der Waals surface area contributed by atoms with Crippen LogP contribution in [0.5, 0.6) is 0 Å². The molecule has 2 heterocycles. The topological polar surface area (TPSA) is 41.6 Å². The molecule has 1 unspecified atom stereocenters. The van der Waals surface area contributed by atoms with E-state index in [1.807, 2.05) is 37.4 Å². The second-order valence-electron chi connectivity index (χ2n) is 5.91. The summed E-state index contributed by atoms with van der Waals surface area (Å²) in [6.45, 7) is 8.37. The molecule has 0 bridgehead atoms. The van der Waals surface area contributed by atoms with Crippen molar-refractivity contribution < 1.29 is 9.53 Å². The van der Waals surface area contributed by atoms with Gasteiger partial charge in [-0.2, -0.15) is 11.8 Å². The Labute approximate surface area is 107 Å². The molecule has 0 aliphatic carbocycles. The highest BCUT2D eigenvalue weighted by molar-refractivity contribution is 7.99. The lowest BCUT2D eigenvalue weighted by Crippen LogP contribution is -2.53. The molecule has 2 fully saturated rings. The van der Waals surface area contributed by atoms with E-state index in [9.17, 15) is 4.79 Å². The van der Waals surface area contributed by atoms with Crippen LogP contribution in [0.2, 0.25) is 0 Å². The maximum atomic E-state index is 12.0. The number of hydrogen-bond donors (Lipinski definition) is 1. The second-order valence-corrected chi connectivity index (χ2v) is 7.02. The van der Waals surface area contributed by atoms with Crippen molar-refractivity contribution >= 4 is 17.9 Å². The summed E-state index contributed by atoms with van der Waals surface area (Å²) in [4.78, 5) is 13.8. The highest BCUT2D eigenvalue weighted by atomic mass is 32.2. The molecule has 98 valence electrons. The molecule has 4 nitrogen and oxygen atoms in total. The van der Waals surface area contributed by atoms with Crippen molar-refractivity contribution in [3.8, 4) is 0 Å². The summed E-state index contributed by atoms with van der Waals surface area (Å²) in [5, 5.41) is 3.57. The summed E-state index contributed by atoms with van der Waals surface area (Å²) in [5.41, 5.74) is -0.262. The predicted molar refractivity (Wildman–Crippen MR) is 70.5 cm³/mol. The maximum absolute atomic E-state index is 12.0. The number of thioether (sulfide) groups is 1. The Balaban J connectivity index is 1.91. The fourth-order valence-corrected chi connectivity index (χ4v) is 3.44. The summed E-state index contributed by atoms with van der Waals surface area (Å²) < 4.78 is 5.41. The number of nitrogens with one attached hydrogen (secondary N) is 1. The molecule has 17 heavy (non-hydrogen) atoms. The van der Waals surface area contributed by atoms with Crippen molar-refractivity contribution in [1.82, 2.24) is 10.2 Å². The molecule has 1 N–H and O–H groups in total. The number of hydrogen-bond acceptors (Lipinski definition) is 4. The van der Waals surface area contributed by atoms with Crippen molar-refractivity contribution in [1.29, 1.82) is 0 Å². The zero-order chi connectivity index (χ0) is 12.5. The zero-order valence-corrected chi connectivity index (χ0v) is 11.7. The first-order chi connectivity index (χ1) is 7.90. The number of nitrogens with zero attached hydrogens (tertiary/aromatic N) is 1. The average Bonchev–Trinajstić information content (AvgIpc) is 2.61. The fourth-order valence-electron chi connectivity index (χ4n) is 2.32. The standard InChI is InChI=1S/C12H22N2O2S/c1-11(2,3)16-10(15)14-6-4-12(8-14)9-17-7-5-13-12/h13H,4-9H2,1-3H3. The molecule has 0 radical (unpaired) electrons. The van der Waals surface area contributed by atoms with Gasteiger partial charge in [-0.25, -0.2) is 4.79 Å². The Morgan fingerprint density at radius 3 is 2.82 bits per heavy atom. The first kappa shape index (κ1) is 13.0. The van der Waals surface area contributed by atoms with Crippen LogP contribution in [-0.4, -0.2) is 53.3 Å². The van der Waals surface area contributed by atoms with Crippen LogP contribution in [0.15, 0.2) is 0 Å². The molecule has 2 aliphatic rings. The van der Waals surface area contributed by atoms with Gasteiger partial charge in [0.1, 0.15) is 5.60 Å². The minimum absolute atomic E-state index is 0.139. The van der Waals surface area contributed by atoms with E-state index in [1.165, 1.54) is 5.75 Å². The van der Waals surface area contributed by atoms with Gasteiger partial charge in [-0.3, -0.25) is 0 Å². The molecule has 1 spiro atoms. The number of carbonyl (C=O) groups excluding carboxylic acids is 1. The minimum Gasteiger partial charge on any atom is -0.444 e. The van der Waals surface area contributed by atoms with Crippen molar-refractivity contribution in [2.24, 2.45) is 0 Å². The summed E-state index contributed by atoms with van der Waals surface area (Å²) in [6, 6.07) is 0. The molecule has 1 atom stereocenters. The van der Waals surface area contributed by atoms with E-state index in [1.54, 1.807) is 0 Å². The van der Waals surface area contributed by atoms with Gasteiger partial charge < -0.3 is 15.0 Å². The molecular formula is C12H22N2O2S. The fraction of sp³-hybridized carbons (Fsp3) is 0.917. The van der Waals surface area contributed by atoms with E-state index >= 15 is 0 Å². The predicted octanol–water partition coefficient (Wildman–Crippen LogP) is 1.70. The van der Waals surface area contributed by atoms with E-state index < -0.39 is 5.60 Å². The molecule has 0 aromatic rings. The average molecular weight is 258 g/mol. The van der Waals surface area contributed by atoms with Gasteiger partial charge in [0.25, 0.3) is 0 Å². The molecule has 0 saturated carbocycles. The zero-order valence-electron chi connectivity index (χ0n) is 10.9. The van der Waals surface area contributed by atoms with Crippen LogP contribution in [0.25, 0.3) is 0 Å². The lowest BCUT2D eigenvalue weighted by molar-refractivity contribution is 0.0283. The lowest BCUT2D eigenvalue weighted by Gasteiger charge is -2.34. The van der Waals surface area contributed by atoms with E-state index in [4.69, 9.17) is 4.74 Å².